The lowest BCUT2D eigenvalue weighted by molar-refractivity contribution is -0.168. The van der Waals surface area contributed by atoms with E-state index in [-0.39, 0.29) is 17.8 Å². The fourth-order valence-corrected chi connectivity index (χ4v) is 4.89. The minimum atomic E-state index is 0.00823. The van der Waals surface area contributed by atoms with Crippen molar-refractivity contribution in [3.63, 3.8) is 0 Å². The van der Waals surface area contributed by atoms with E-state index in [1.54, 1.807) is 7.05 Å². The van der Waals surface area contributed by atoms with Gasteiger partial charge in [0.25, 0.3) is 0 Å². The second-order valence-electron chi connectivity index (χ2n) is 11.0. The Hall–Kier alpha value is -1.10. The number of amides is 1. The Labute approximate surface area is 230 Å². The first-order valence-electron chi connectivity index (χ1n) is 16.0. The van der Waals surface area contributed by atoms with E-state index >= 15 is 0 Å². The minimum Gasteiger partial charge on any atom is -0.465 e. The van der Waals surface area contributed by atoms with Crippen LogP contribution in [0, 0.1) is 5.92 Å². The summed E-state index contributed by atoms with van der Waals surface area (Å²) in [5, 5.41) is 1.29. The van der Waals surface area contributed by atoms with Crippen LogP contribution in [0.3, 0.4) is 0 Å². The maximum Gasteiger partial charge on any atom is 0.308 e. The lowest BCUT2D eigenvalue weighted by Crippen LogP contribution is -2.24. The summed E-state index contributed by atoms with van der Waals surface area (Å²) in [5.74, 6) is 0.0310. The molecule has 1 atom stereocenters. The quantitative estimate of drug-likeness (QED) is 0.0579. The van der Waals surface area contributed by atoms with Crippen LogP contribution in [-0.2, 0) is 19.2 Å². The van der Waals surface area contributed by atoms with Crippen molar-refractivity contribution in [3.05, 3.63) is 0 Å². The van der Waals surface area contributed by atoms with Gasteiger partial charge >= 0.3 is 5.97 Å². The molecule has 0 aliphatic heterocycles. The maximum atomic E-state index is 12.8. The van der Waals surface area contributed by atoms with Crippen molar-refractivity contribution in [3.8, 4) is 0 Å². The van der Waals surface area contributed by atoms with E-state index < -0.39 is 0 Å². The first-order chi connectivity index (χ1) is 18.1. The molecule has 0 heterocycles. The van der Waals surface area contributed by atoms with Gasteiger partial charge in [0.2, 0.25) is 5.91 Å². The summed E-state index contributed by atoms with van der Waals surface area (Å²) in [6.07, 6.45) is 28.2. The van der Waals surface area contributed by atoms with Crippen molar-refractivity contribution in [2.75, 3.05) is 20.8 Å². The Kier molecular flexibility index (Phi) is 27.1. The van der Waals surface area contributed by atoms with Gasteiger partial charge in [-0.05, 0) is 25.7 Å². The Morgan fingerprint density at radius 1 is 0.595 bits per heavy atom. The summed E-state index contributed by atoms with van der Waals surface area (Å²) in [6, 6.07) is 0. The van der Waals surface area contributed by atoms with Crippen LogP contribution >= 0.6 is 0 Å². The van der Waals surface area contributed by atoms with Crippen LogP contribution in [-0.4, -0.2) is 37.7 Å². The number of hydroxylamine groups is 2. The van der Waals surface area contributed by atoms with E-state index in [1.807, 2.05) is 0 Å². The molecule has 0 rings (SSSR count). The molecule has 0 radical (unpaired) electrons. The summed E-state index contributed by atoms with van der Waals surface area (Å²) < 4.78 is 5.72. The van der Waals surface area contributed by atoms with Gasteiger partial charge in [0.15, 0.2) is 0 Å². The lowest BCUT2D eigenvalue weighted by atomic mass is 9.94. The first kappa shape index (κ1) is 35.9. The van der Waals surface area contributed by atoms with E-state index in [1.165, 1.54) is 108 Å². The summed E-state index contributed by atoms with van der Waals surface area (Å²) in [4.78, 5) is 29.7. The molecule has 5 nitrogen and oxygen atoms in total. The zero-order valence-corrected chi connectivity index (χ0v) is 25.3. The number of hydrogen-bond acceptors (Lipinski definition) is 4. The third-order valence-corrected chi connectivity index (χ3v) is 7.55. The van der Waals surface area contributed by atoms with E-state index in [9.17, 15) is 9.59 Å². The number of carbonyl (C=O) groups excluding carboxylic acids is 2. The van der Waals surface area contributed by atoms with Gasteiger partial charge < -0.3 is 4.74 Å². The van der Waals surface area contributed by atoms with Crippen molar-refractivity contribution < 1.29 is 19.2 Å². The number of carbonyl (C=O) groups is 2. The number of unbranched alkanes of at least 4 members (excludes halogenated alkanes) is 18. The SMILES string of the molecule is CCCCCCCCCCCCOC(=O)C(CCCCCCCCCC)CCCCCC(=O)N(C)OC. The highest BCUT2D eigenvalue weighted by molar-refractivity contribution is 5.74. The summed E-state index contributed by atoms with van der Waals surface area (Å²) in [7, 11) is 3.15. The molecule has 0 saturated heterocycles. The minimum absolute atomic E-state index is 0.00823. The first-order valence-corrected chi connectivity index (χ1v) is 16.0. The fourth-order valence-electron chi connectivity index (χ4n) is 4.89. The number of esters is 1. The van der Waals surface area contributed by atoms with Gasteiger partial charge in [0.05, 0.1) is 19.6 Å². The zero-order chi connectivity index (χ0) is 27.4. The van der Waals surface area contributed by atoms with Crippen molar-refractivity contribution in [1.82, 2.24) is 5.06 Å². The smallest absolute Gasteiger partial charge is 0.308 e. The molecule has 220 valence electrons. The molecule has 5 heteroatoms. The molecule has 0 N–H and O–H groups in total. The average Bonchev–Trinajstić information content (AvgIpc) is 2.90. The molecular weight excluding hydrogens is 462 g/mol. The highest BCUT2D eigenvalue weighted by Crippen LogP contribution is 2.21. The standard InChI is InChI=1S/C32H63NO4/c1-5-7-9-11-13-15-16-18-20-25-29-37-32(35)30(26-22-19-17-14-12-10-8-6-2)27-23-21-24-28-31(34)33(3)36-4/h30H,5-29H2,1-4H3. The molecule has 1 unspecified atom stereocenters. The van der Waals surface area contributed by atoms with Crippen molar-refractivity contribution in [2.45, 2.75) is 168 Å². The maximum absolute atomic E-state index is 12.8. The Balaban J connectivity index is 4.14. The summed E-state index contributed by atoms with van der Waals surface area (Å²) in [6.45, 7) is 5.09. The largest absolute Gasteiger partial charge is 0.465 e. The molecule has 0 aliphatic rings. The Morgan fingerprint density at radius 2 is 1.00 bits per heavy atom. The highest BCUT2D eigenvalue weighted by Gasteiger charge is 2.19. The van der Waals surface area contributed by atoms with Gasteiger partial charge in [-0.15, -0.1) is 0 Å². The topological polar surface area (TPSA) is 55.8 Å². The van der Waals surface area contributed by atoms with Crippen LogP contribution in [0.5, 0.6) is 0 Å². The van der Waals surface area contributed by atoms with Gasteiger partial charge in [0.1, 0.15) is 0 Å². The monoisotopic (exact) mass is 525 g/mol. The van der Waals surface area contributed by atoms with Gasteiger partial charge in [0, 0.05) is 13.5 Å². The molecule has 0 saturated carbocycles. The molecule has 0 aromatic rings. The molecular formula is C32H63NO4. The van der Waals surface area contributed by atoms with Crippen LogP contribution in [0.1, 0.15) is 168 Å². The molecule has 0 aromatic carbocycles. The van der Waals surface area contributed by atoms with E-state index in [4.69, 9.17) is 9.57 Å². The summed E-state index contributed by atoms with van der Waals surface area (Å²) in [5.41, 5.74) is 0. The van der Waals surface area contributed by atoms with Crippen LogP contribution in [0.15, 0.2) is 0 Å². The van der Waals surface area contributed by atoms with Crippen LogP contribution in [0.2, 0.25) is 0 Å². The molecule has 1 amide bonds. The number of nitrogens with zero attached hydrogens (tertiary/aromatic N) is 1. The fraction of sp³-hybridized carbons (Fsp3) is 0.938. The van der Waals surface area contributed by atoms with Crippen molar-refractivity contribution >= 4 is 11.9 Å². The van der Waals surface area contributed by atoms with Crippen LogP contribution < -0.4 is 0 Å². The predicted molar refractivity (Wildman–Crippen MR) is 156 cm³/mol. The lowest BCUT2D eigenvalue weighted by Gasteiger charge is -2.17. The molecule has 37 heavy (non-hydrogen) atoms. The van der Waals surface area contributed by atoms with Gasteiger partial charge in [-0.25, -0.2) is 5.06 Å². The van der Waals surface area contributed by atoms with E-state index in [0.29, 0.717) is 13.0 Å². The third-order valence-electron chi connectivity index (χ3n) is 7.55. The van der Waals surface area contributed by atoms with Crippen molar-refractivity contribution in [2.24, 2.45) is 5.92 Å². The van der Waals surface area contributed by atoms with Crippen LogP contribution in [0.4, 0.5) is 0 Å². The summed E-state index contributed by atoms with van der Waals surface area (Å²) >= 11 is 0. The Morgan fingerprint density at radius 3 is 1.46 bits per heavy atom. The zero-order valence-electron chi connectivity index (χ0n) is 25.3. The van der Waals surface area contributed by atoms with E-state index in [2.05, 4.69) is 13.8 Å². The molecule has 0 bridgehead atoms. The van der Waals surface area contributed by atoms with Gasteiger partial charge in [-0.3, -0.25) is 14.4 Å². The van der Waals surface area contributed by atoms with Gasteiger partial charge in [-0.1, -0.05) is 136 Å². The number of ether oxygens (including phenoxy) is 1. The Bertz CT molecular complexity index is 511. The normalized spacial score (nSPS) is 12.0. The third kappa shape index (κ3) is 23.7. The van der Waals surface area contributed by atoms with E-state index in [0.717, 1.165) is 51.4 Å². The second-order valence-corrected chi connectivity index (χ2v) is 11.0. The average molecular weight is 526 g/mol. The van der Waals surface area contributed by atoms with Gasteiger partial charge in [-0.2, -0.15) is 0 Å². The molecule has 0 spiro atoms. The molecule has 0 fully saturated rings. The highest BCUT2D eigenvalue weighted by atomic mass is 16.7. The van der Waals surface area contributed by atoms with Crippen molar-refractivity contribution in [1.29, 1.82) is 0 Å². The molecule has 0 aromatic heterocycles. The van der Waals surface area contributed by atoms with Crippen LogP contribution in [0.25, 0.3) is 0 Å². The number of rotatable bonds is 28. The second kappa shape index (κ2) is 27.9. The molecule has 0 aliphatic carbocycles. The predicted octanol–water partition coefficient (Wildman–Crippen LogP) is 9.57. The number of hydrogen-bond donors (Lipinski definition) is 0.